The molecule has 0 radical (unpaired) electrons. The van der Waals surface area contributed by atoms with Gasteiger partial charge in [-0.1, -0.05) is 12.1 Å². The van der Waals surface area contributed by atoms with E-state index in [0.29, 0.717) is 12.1 Å². The fourth-order valence-electron chi connectivity index (χ4n) is 2.68. The fraction of sp³-hybridized carbons (Fsp3) is 0.333. The summed E-state index contributed by atoms with van der Waals surface area (Å²) >= 11 is 0. The molecule has 0 unspecified atom stereocenters. The van der Waals surface area contributed by atoms with E-state index in [4.69, 9.17) is 0 Å². The molecule has 0 saturated carbocycles. The summed E-state index contributed by atoms with van der Waals surface area (Å²) in [4.78, 5) is 16.9. The van der Waals surface area contributed by atoms with E-state index >= 15 is 0 Å². The number of hydrogen-bond acceptors (Lipinski definition) is 4. The van der Waals surface area contributed by atoms with Crippen molar-refractivity contribution in [2.24, 2.45) is 0 Å². The van der Waals surface area contributed by atoms with Crippen LogP contribution in [0.2, 0.25) is 0 Å². The normalized spacial score (nSPS) is 12.3. The molecule has 0 aliphatic carbocycles. The van der Waals surface area contributed by atoms with Crippen molar-refractivity contribution in [1.29, 1.82) is 0 Å². The van der Waals surface area contributed by atoms with Crippen LogP contribution in [0, 0.1) is 0 Å². The highest BCUT2D eigenvalue weighted by molar-refractivity contribution is 5.95. The van der Waals surface area contributed by atoms with Gasteiger partial charge in [0.15, 0.2) is 5.82 Å². The first-order valence-electron chi connectivity index (χ1n) is 8.33. The molecule has 1 N–H and O–H groups in total. The molecule has 0 aliphatic rings. The molecule has 7 heteroatoms. The number of aromatic nitrogens is 5. The van der Waals surface area contributed by atoms with Gasteiger partial charge in [0.1, 0.15) is 6.33 Å². The number of amides is 1. The first-order chi connectivity index (χ1) is 12.0. The minimum Gasteiger partial charge on any atom is -0.348 e. The highest BCUT2D eigenvalue weighted by Crippen LogP contribution is 2.20. The molecule has 130 valence electrons. The van der Waals surface area contributed by atoms with Gasteiger partial charge in [-0.25, -0.2) is 9.67 Å². The highest BCUT2D eigenvalue weighted by atomic mass is 16.1. The number of carbonyl (C=O) groups is 1. The van der Waals surface area contributed by atoms with Gasteiger partial charge in [0, 0.05) is 35.6 Å². The molecule has 0 fully saturated rings. The third-order valence-corrected chi connectivity index (χ3v) is 3.84. The molecule has 2 aromatic heterocycles. The van der Waals surface area contributed by atoms with Gasteiger partial charge in [-0.05, 0) is 39.0 Å². The molecular weight excluding hydrogens is 316 g/mol. The Balaban J connectivity index is 1.74. The molecule has 3 aromatic rings. The quantitative estimate of drug-likeness (QED) is 0.749. The molecule has 1 atom stereocenters. The Hall–Kier alpha value is -2.96. The maximum absolute atomic E-state index is 12.5. The van der Waals surface area contributed by atoms with E-state index < -0.39 is 0 Å². The second kappa shape index (κ2) is 7.29. The lowest BCUT2D eigenvalue weighted by molar-refractivity contribution is 0.0936. The predicted molar refractivity (Wildman–Crippen MR) is 95.0 cm³/mol. The topological polar surface area (TPSA) is 77.6 Å². The van der Waals surface area contributed by atoms with Crippen LogP contribution in [0.1, 0.15) is 37.2 Å². The van der Waals surface area contributed by atoms with Crippen LogP contribution in [0.25, 0.3) is 11.4 Å². The minimum atomic E-state index is -0.114. The standard InChI is InChI=1S/C18H22N6O/c1-13(2)24-17(19-12-21-24)15-6-4-7-16(10-15)18(25)22-14(3)11-23-9-5-8-20-23/h4-10,12-14H,11H2,1-3H3,(H,22,25)/t14-/m0/s1. The van der Waals surface area contributed by atoms with Gasteiger partial charge < -0.3 is 5.32 Å². The van der Waals surface area contributed by atoms with Crippen molar-refractivity contribution in [2.45, 2.75) is 39.4 Å². The van der Waals surface area contributed by atoms with Gasteiger partial charge in [-0.2, -0.15) is 10.2 Å². The molecule has 1 aromatic carbocycles. The zero-order valence-electron chi connectivity index (χ0n) is 14.6. The van der Waals surface area contributed by atoms with Crippen LogP contribution in [-0.4, -0.2) is 36.5 Å². The van der Waals surface area contributed by atoms with Crippen LogP contribution in [0.5, 0.6) is 0 Å². The lowest BCUT2D eigenvalue weighted by atomic mass is 10.1. The minimum absolute atomic E-state index is 0.0321. The summed E-state index contributed by atoms with van der Waals surface area (Å²) in [5, 5.41) is 11.4. The Kier molecular flexibility index (Phi) is 4.92. The van der Waals surface area contributed by atoms with Crippen molar-refractivity contribution in [3.63, 3.8) is 0 Å². The average molecular weight is 338 g/mol. The summed E-state index contributed by atoms with van der Waals surface area (Å²) in [7, 11) is 0. The number of nitrogens with zero attached hydrogens (tertiary/aromatic N) is 5. The Morgan fingerprint density at radius 2 is 2.04 bits per heavy atom. The Labute approximate surface area is 146 Å². The zero-order valence-corrected chi connectivity index (χ0v) is 14.6. The second-order valence-electron chi connectivity index (χ2n) is 6.31. The monoisotopic (exact) mass is 338 g/mol. The molecule has 0 saturated heterocycles. The molecule has 7 nitrogen and oxygen atoms in total. The molecule has 3 rings (SSSR count). The van der Waals surface area contributed by atoms with Crippen molar-refractivity contribution in [3.8, 4) is 11.4 Å². The number of rotatable bonds is 6. The zero-order chi connectivity index (χ0) is 17.8. The van der Waals surface area contributed by atoms with E-state index in [1.165, 1.54) is 6.33 Å². The molecule has 25 heavy (non-hydrogen) atoms. The Morgan fingerprint density at radius 3 is 2.76 bits per heavy atom. The summed E-state index contributed by atoms with van der Waals surface area (Å²) in [6.07, 6.45) is 5.14. The van der Waals surface area contributed by atoms with E-state index in [1.807, 2.05) is 55.9 Å². The highest BCUT2D eigenvalue weighted by Gasteiger charge is 2.14. The summed E-state index contributed by atoms with van der Waals surface area (Å²) in [6, 6.07) is 9.48. The van der Waals surface area contributed by atoms with Crippen molar-refractivity contribution in [2.75, 3.05) is 0 Å². The number of nitrogens with one attached hydrogen (secondary N) is 1. The molecule has 0 spiro atoms. The van der Waals surface area contributed by atoms with Gasteiger partial charge in [0.25, 0.3) is 5.91 Å². The fourth-order valence-corrected chi connectivity index (χ4v) is 2.68. The van der Waals surface area contributed by atoms with Gasteiger partial charge in [-0.15, -0.1) is 0 Å². The summed E-state index contributed by atoms with van der Waals surface area (Å²) in [5.74, 6) is 0.645. The SMILES string of the molecule is CC(C)n1ncnc1-c1cccc(C(=O)N[C@@H](C)Cn2cccn2)c1. The van der Waals surface area contributed by atoms with Crippen molar-refractivity contribution < 1.29 is 4.79 Å². The Bertz CT molecular complexity index is 837. The third kappa shape index (κ3) is 3.93. The van der Waals surface area contributed by atoms with Crippen LogP contribution in [-0.2, 0) is 6.54 Å². The van der Waals surface area contributed by atoms with E-state index in [1.54, 1.807) is 16.9 Å². The number of carbonyl (C=O) groups excluding carboxylic acids is 1. The van der Waals surface area contributed by atoms with E-state index in [0.717, 1.165) is 11.4 Å². The van der Waals surface area contributed by atoms with Crippen LogP contribution in [0.4, 0.5) is 0 Å². The van der Waals surface area contributed by atoms with Gasteiger partial charge in [-0.3, -0.25) is 9.48 Å². The predicted octanol–water partition coefficient (Wildman–Crippen LogP) is 2.54. The Morgan fingerprint density at radius 1 is 1.20 bits per heavy atom. The first kappa shape index (κ1) is 16.9. The van der Waals surface area contributed by atoms with Crippen LogP contribution in [0.15, 0.2) is 49.1 Å². The van der Waals surface area contributed by atoms with Crippen molar-refractivity contribution >= 4 is 5.91 Å². The van der Waals surface area contributed by atoms with E-state index in [-0.39, 0.29) is 18.0 Å². The third-order valence-electron chi connectivity index (χ3n) is 3.84. The van der Waals surface area contributed by atoms with Crippen LogP contribution in [0.3, 0.4) is 0 Å². The van der Waals surface area contributed by atoms with Gasteiger partial charge in [0.2, 0.25) is 0 Å². The van der Waals surface area contributed by atoms with E-state index in [2.05, 4.69) is 20.5 Å². The van der Waals surface area contributed by atoms with Crippen LogP contribution < -0.4 is 5.32 Å². The lowest BCUT2D eigenvalue weighted by Crippen LogP contribution is -2.35. The lowest BCUT2D eigenvalue weighted by Gasteiger charge is -2.15. The molecule has 0 bridgehead atoms. The second-order valence-corrected chi connectivity index (χ2v) is 6.31. The maximum Gasteiger partial charge on any atom is 0.251 e. The molecule has 2 heterocycles. The molecule has 1 amide bonds. The summed E-state index contributed by atoms with van der Waals surface area (Å²) < 4.78 is 3.64. The first-order valence-corrected chi connectivity index (χ1v) is 8.33. The van der Waals surface area contributed by atoms with Gasteiger partial charge >= 0.3 is 0 Å². The molecule has 0 aliphatic heterocycles. The largest absolute Gasteiger partial charge is 0.348 e. The summed E-state index contributed by atoms with van der Waals surface area (Å²) in [5.41, 5.74) is 1.47. The number of benzene rings is 1. The van der Waals surface area contributed by atoms with Gasteiger partial charge in [0.05, 0.1) is 6.54 Å². The molecular formula is C18H22N6O. The number of hydrogen-bond donors (Lipinski definition) is 1. The smallest absolute Gasteiger partial charge is 0.251 e. The van der Waals surface area contributed by atoms with Crippen molar-refractivity contribution in [3.05, 3.63) is 54.6 Å². The van der Waals surface area contributed by atoms with Crippen molar-refractivity contribution in [1.82, 2.24) is 29.9 Å². The van der Waals surface area contributed by atoms with E-state index in [9.17, 15) is 4.79 Å². The summed E-state index contributed by atoms with van der Waals surface area (Å²) in [6.45, 7) is 6.68. The average Bonchev–Trinajstić information content (AvgIpc) is 3.26. The van der Waals surface area contributed by atoms with Crippen LogP contribution >= 0.6 is 0 Å². The maximum atomic E-state index is 12.5.